The number of hydrogen-bond acceptors (Lipinski definition) is 3. The molecule has 0 unspecified atom stereocenters. The first kappa shape index (κ1) is 13.5. The molecule has 1 aliphatic heterocycles. The van der Waals surface area contributed by atoms with Crippen LogP contribution in [0.2, 0.25) is 5.02 Å². The fourth-order valence-corrected chi connectivity index (χ4v) is 3.00. The maximum Gasteiger partial charge on any atom is 0.142 e. The lowest BCUT2D eigenvalue weighted by Crippen LogP contribution is -2.16. The highest BCUT2D eigenvalue weighted by Gasteiger charge is 2.16. The molecular formula is C16H13ClFN3O. The van der Waals surface area contributed by atoms with Crippen molar-refractivity contribution in [3.05, 3.63) is 52.9 Å². The Morgan fingerprint density at radius 2 is 2.18 bits per heavy atom. The van der Waals surface area contributed by atoms with Crippen LogP contribution < -0.4 is 10.1 Å². The minimum absolute atomic E-state index is 0.274. The molecular weight excluding hydrogens is 305 g/mol. The van der Waals surface area contributed by atoms with Crippen molar-refractivity contribution < 1.29 is 9.13 Å². The molecule has 6 heteroatoms. The lowest BCUT2D eigenvalue weighted by molar-refractivity contribution is 0.326. The SMILES string of the molecule is Fc1ccc2c(cnn2-c2cc(Cl)c3c(c2)CNCCO3)c1. The van der Waals surface area contributed by atoms with Crippen molar-refractivity contribution in [2.75, 3.05) is 13.2 Å². The van der Waals surface area contributed by atoms with Gasteiger partial charge in [0.25, 0.3) is 0 Å². The van der Waals surface area contributed by atoms with Gasteiger partial charge in [-0.25, -0.2) is 9.07 Å². The van der Waals surface area contributed by atoms with Crippen molar-refractivity contribution in [1.29, 1.82) is 0 Å². The smallest absolute Gasteiger partial charge is 0.142 e. The van der Waals surface area contributed by atoms with Crippen molar-refractivity contribution in [3.8, 4) is 11.4 Å². The molecule has 0 atom stereocenters. The standard InChI is InChI=1S/C16H13ClFN3O/c17-14-7-13(6-11-8-19-3-4-22-16(11)14)21-15-2-1-12(18)5-10(15)9-20-21/h1-2,5-7,9,19H,3-4,8H2. The highest BCUT2D eigenvalue weighted by atomic mass is 35.5. The summed E-state index contributed by atoms with van der Waals surface area (Å²) in [5, 5.41) is 8.94. The third-order valence-electron chi connectivity index (χ3n) is 3.72. The van der Waals surface area contributed by atoms with Gasteiger partial charge in [-0.3, -0.25) is 0 Å². The quantitative estimate of drug-likeness (QED) is 0.748. The average Bonchev–Trinajstić information content (AvgIpc) is 2.75. The summed E-state index contributed by atoms with van der Waals surface area (Å²) < 4.78 is 20.7. The van der Waals surface area contributed by atoms with Crippen LogP contribution in [0.25, 0.3) is 16.6 Å². The largest absolute Gasteiger partial charge is 0.490 e. The maximum absolute atomic E-state index is 13.3. The molecule has 0 radical (unpaired) electrons. The number of hydrogen-bond donors (Lipinski definition) is 1. The summed E-state index contributed by atoms with van der Waals surface area (Å²) in [7, 11) is 0. The van der Waals surface area contributed by atoms with Gasteiger partial charge in [0.2, 0.25) is 0 Å². The van der Waals surface area contributed by atoms with E-state index in [0.29, 0.717) is 18.2 Å². The van der Waals surface area contributed by atoms with Gasteiger partial charge in [0.1, 0.15) is 18.2 Å². The van der Waals surface area contributed by atoms with Crippen LogP contribution in [0.3, 0.4) is 0 Å². The zero-order valence-electron chi connectivity index (χ0n) is 11.6. The van der Waals surface area contributed by atoms with Gasteiger partial charge in [-0.2, -0.15) is 5.10 Å². The van der Waals surface area contributed by atoms with E-state index in [-0.39, 0.29) is 5.82 Å². The Kier molecular flexibility index (Phi) is 3.24. The predicted octanol–water partition coefficient (Wildman–Crippen LogP) is 3.30. The van der Waals surface area contributed by atoms with Crippen LogP contribution >= 0.6 is 11.6 Å². The topological polar surface area (TPSA) is 39.1 Å². The van der Waals surface area contributed by atoms with Crippen molar-refractivity contribution in [3.63, 3.8) is 0 Å². The third kappa shape index (κ3) is 2.23. The molecule has 4 rings (SSSR count). The molecule has 0 amide bonds. The Hall–Kier alpha value is -2.11. The molecule has 1 aliphatic rings. The first-order valence-electron chi connectivity index (χ1n) is 7.02. The summed E-state index contributed by atoms with van der Waals surface area (Å²) in [6.45, 7) is 2.07. The van der Waals surface area contributed by atoms with Crippen LogP contribution in [0.5, 0.6) is 5.75 Å². The molecule has 4 nitrogen and oxygen atoms in total. The minimum Gasteiger partial charge on any atom is -0.490 e. The fourth-order valence-electron chi connectivity index (χ4n) is 2.71. The monoisotopic (exact) mass is 317 g/mol. The molecule has 0 saturated heterocycles. The second kappa shape index (κ2) is 5.26. The molecule has 112 valence electrons. The van der Waals surface area contributed by atoms with Gasteiger partial charge >= 0.3 is 0 Å². The van der Waals surface area contributed by atoms with E-state index in [1.807, 2.05) is 12.1 Å². The maximum atomic E-state index is 13.3. The Labute approximate surface area is 131 Å². The van der Waals surface area contributed by atoms with E-state index in [2.05, 4.69) is 10.4 Å². The minimum atomic E-state index is -0.274. The van der Waals surface area contributed by atoms with Crippen LogP contribution in [0.1, 0.15) is 5.56 Å². The van der Waals surface area contributed by atoms with Gasteiger partial charge in [-0.15, -0.1) is 0 Å². The Bertz CT molecular complexity index is 862. The van der Waals surface area contributed by atoms with E-state index < -0.39 is 0 Å². The van der Waals surface area contributed by atoms with Gasteiger partial charge in [-0.1, -0.05) is 11.6 Å². The highest BCUT2D eigenvalue weighted by Crippen LogP contribution is 2.33. The number of benzene rings is 2. The van der Waals surface area contributed by atoms with Gasteiger partial charge in [0.05, 0.1) is 22.4 Å². The van der Waals surface area contributed by atoms with Crippen molar-refractivity contribution in [2.24, 2.45) is 0 Å². The van der Waals surface area contributed by atoms with Gasteiger partial charge < -0.3 is 10.1 Å². The molecule has 0 aliphatic carbocycles. The third-order valence-corrected chi connectivity index (χ3v) is 4.00. The van der Waals surface area contributed by atoms with E-state index >= 15 is 0 Å². The van der Waals surface area contributed by atoms with E-state index in [9.17, 15) is 4.39 Å². The van der Waals surface area contributed by atoms with Gasteiger partial charge in [-0.05, 0) is 30.3 Å². The van der Waals surface area contributed by atoms with E-state index in [4.69, 9.17) is 16.3 Å². The zero-order valence-corrected chi connectivity index (χ0v) is 12.4. The molecule has 0 saturated carbocycles. The molecule has 1 N–H and O–H groups in total. The number of fused-ring (bicyclic) bond motifs is 2. The molecule has 0 fully saturated rings. The summed E-state index contributed by atoms with van der Waals surface area (Å²) in [5.74, 6) is 0.447. The first-order chi connectivity index (χ1) is 10.7. The number of nitrogens with one attached hydrogen (secondary N) is 1. The molecule has 0 bridgehead atoms. The summed E-state index contributed by atoms with van der Waals surface area (Å²) in [5.41, 5.74) is 2.66. The lowest BCUT2D eigenvalue weighted by atomic mass is 10.1. The second-order valence-electron chi connectivity index (χ2n) is 5.20. The molecule has 2 aromatic carbocycles. The number of halogens is 2. The summed E-state index contributed by atoms with van der Waals surface area (Å²) in [4.78, 5) is 0. The van der Waals surface area contributed by atoms with Gasteiger partial charge in [0, 0.05) is 24.0 Å². The van der Waals surface area contributed by atoms with Crippen molar-refractivity contribution >= 4 is 22.5 Å². The number of nitrogens with zero attached hydrogens (tertiary/aromatic N) is 2. The molecule has 0 spiro atoms. The molecule has 22 heavy (non-hydrogen) atoms. The van der Waals surface area contributed by atoms with Crippen molar-refractivity contribution in [1.82, 2.24) is 15.1 Å². The van der Waals surface area contributed by atoms with Crippen molar-refractivity contribution in [2.45, 2.75) is 6.54 Å². The first-order valence-corrected chi connectivity index (χ1v) is 7.40. The Morgan fingerprint density at radius 1 is 1.27 bits per heavy atom. The van der Waals surface area contributed by atoms with E-state index in [1.165, 1.54) is 12.1 Å². The zero-order chi connectivity index (χ0) is 15.1. The number of ether oxygens (including phenoxy) is 1. The van der Waals surface area contributed by atoms with Gasteiger partial charge in [0.15, 0.2) is 0 Å². The Morgan fingerprint density at radius 3 is 3.09 bits per heavy atom. The average molecular weight is 318 g/mol. The van der Waals surface area contributed by atoms with Crippen LogP contribution in [-0.2, 0) is 6.54 Å². The van der Waals surface area contributed by atoms with Crippen LogP contribution in [0.15, 0.2) is 36.5 Å². The lowest BCUT2D eigenvalue weighted by Gasteiger charge is -2.12. The van der Waals surface area contributed by atoms with Crippen LogP contribution in [0.4, 0.5) is 4.39 Å². The van der Waals surface area contributed by atoms with Crippen LogP contribution in [0, 0.1) is 5.82 Å². The summed E-state index contributed by atoms with van der Waals surface area (Å²) in [6.07, 6.45) is 1.65. The number of aromatic nitrogens is 2. The summed E-state index contributed by atoms with van der Waals surface area (Å²) in [6, 6.07) is 8.42. The number of rotatable bonds is 1. The summed E-state index contributed by atoms with van der Waals surface area (Å²) >= 11 is 6.36. The predicted molar refractivity (Wildman–Crippen MR) is 83.2 cm³/mol. The molecule has 2 heterocycles. The van der Waals surface area contributed by atoms with E-state index in [0.717, 1.165) is 34.4 Å². The highest BCUT2D eigenvalue weighted by molar-refractivity contribution is 6.32. The fraction of sp³-hybridized carbons (Fsp3) is 0.188. The second-order valence-corrected chi connectivity index (χ2v) is 5.61. The molecule has 3 aromatic rings. The Balaban J connectivity index is 1.88. The van der Waals surface area contributed by atoms with E-state index in [1.54, 1.807) is 16.9 Å². The van der Waals surface area contributed by atoms with Crippen LogP contribution in [-0.4, -0.2) is 22.9 Å². The molecule has 1 aromatic heterocycles. The normalized spacial score (nSPS) is 14.5.